The molecule has 0 amide bonds. The maximum Gasteiger partial charge on any atom is -0.00183 e. The molecule has 1 aromatic carbocycles. The third-order valence-corrected chi connectivity index (χ3v) is 4.48. The van der Waals surface area contributed by atoms with E-state index in [1.807, 2.05) is 0 Å². The SMILES string of the molecule is c1ccc2c(c1)CCC2CCCN1CCCC1. The Morgan fingerprint density at radius 1 is 1.12 bits per heavy atom. The van der Waals surface area contributed by atoms with Gasteiger partial charge in [-0.2, -0.15) is 0 Å². The molecule has 0 saturated carbocycles. The molecule has 0 bridgehead atoms. The number of benzene rings is 1. The van der Waals surface area contributed by atoms with Crippen molar-refractivity contribution in [3.8, 4) is 0 Å². The van der Waals surface area contributed by atoms with E-state index in [2.05, 4.69) is 29.2 Å². The van der Waals surface area contributed by atoms with Crippen LogP contribution in [0.4, 0.5) is 0 Å². The summed E-state index contributed by atoms with van der Waals surface area (Å²) in [7, 11) is 0. The van der Waals surface area contributed by atoms with Gasteiger partial charge < -0.3 is 4.90 Å². The van der Waals surface area contributed by atoms with Gasteiger partial charge in [0, 0.05) is 0 Å². The standard InChI is InChI=1S/C16H23N/c1-2-8-16-14(6-1)9-10-15(16)7-5-13-17-11-3-4-12-17/h1-2,6,8,15H,3-5,7,9-13H2. The molecule has 1 aromatic rings. The third-order valence-electron chi connectivity index (χ3n) is 4.48. The molecule has 0 spiro atoms. The second-order valence-electron chi connectivity index (χ2n) is 5.63. The van der Waals surface area contributed by atoms with Gasteiger partial charge in [0.2, 0.25) is 0 Å². The highest BCUT2D eigenvalue weighted by molar-refractivity contribution is 5.34. The normalized spacial score (nSPS) is 24.1. The maximum atomic E-state index is 2.64. The molecule has 0 N–H and O–H groups in total. The van der Waals surface area contributed by atoms with E-state index in [1.54, 1.807) is 11.1 Å². The molecule has 0 radical (unpaired) electrons. The van der Waals surface area contributed by atoms with E-state index in [0.717, 1.165) is 5.92 Å². The Labute approximate surface area is 105 Å². The summed E-state index contributed by atoms with van der Waals surface area (Å²) >= 11 is 0. The highest BCUT2D eigenvalue weighted by Gasteiger charge is 2.21. The fraction of sp³-hybridized carbons (Fsp3) is 0.625. The number of aryl methyl sites for hydroxylation is 1. The molecule has 1 aliphatic carbocycles. The van der Waals surface area contributed by atoms with Crippen LogP contribution in [0.3, 0.4) is 0 Å². The maximum absolute atomic E-state index is 2.64. The van der Waals surface area contributed by atoms with Crippen molar-refractivity contribution in [3.05, 3.63) is 35.4 Å². The minimum atomic E-state index is 0.855. The molecule has 1 saturated heterocycles. The summed E-state index contributed by atoms with van der Waals surface area (Å²) in [5.74, 6) is 0.855. The number of nitrogens with zero attached hydrogens (tertiary/aromatic N) is 1. The Balaban J connectivity index is 1.50. The average Bonchev–Trinajstić information content (AvgIpc) is 2.99. The van der Waals surface area contributed by atoms with E-state index < -0.39 is 0 Å². The molecule has 1 aliphatic heterocycles. The Morgan fingerprint density at radius 2 is 1.94 bits per heavy atom. The quantitative estimate of drug-likeness (QED) is 0.762. The highest BCUT2D eigenvalue weighted by Crippen LogP contribution is 2.35. The van der Waals surface area contributed by atoms with Gasteiger partial charge in [0.15, 0.2) is 0 Å². The van der Waals surface area contributed by atoms with E-state index in [0.29, 0.717) is 0 Å². The lowest BCUT2D eigenvalue weighted by molar-refractivity contribution is 0.324. The van der Waals surface area contributed by atoms with Gasteiger partial charge in [0.25, 0.3) is 0 Å². The zero-order chi connectivity index (χ0) is 11.5. The summed E-state index contributed by atoms with van der Waals surface area (Å²) in [6, 6.07) is 9.06. The zero-order valence-electron chi connectivity index (χ0n) is 10.7. The molecule has 1 heterocycles. The summed E-state index contributed by atoms with van der Waals surface area (Å²) in [6.07, 6.45) is 8.33. The molecule has 1 nitrogen and oxygen atoms in total. The number of likely N-dealkylation sites (tertiary alicyclic amines) is 1. The molecule has 17 heavy (non-hydrogen) atoms. The van der Waals surface area contributed by atoms with Crippen LogP contribution in [0, 0.1) is 0 Å². The topological polar surface area (TPSA) is 3.24 Å². The Kier molecular flexibility index (Phi) is 3.46. The van der Waals surface area contributed by atoms with E-state index in [4.69, 9.17) is 0 Å². The van der Waals surface area contributed by atoms with Crippen LogP contribution in [-0.2, 0) is 6.42 Å². The van der Waals surface area contributed by atoms with Crippen LogP contribution in [0.2, 0.25) is 0 Å². The van der Waals surface area contributed by atoms with Crippen molar-refractivity contribution in [2.24, 2.45) is 0 Å². The summed E-state index contributed by atoms with van der Waals surface area (Å²) in [5.41, 5.74) is 3.26. The van der Waals surface area contributed by atoms with Crippen LogP contribution in [0.15, 0.2) is 24.3 Å². The summed E-state index contributed by atoms with van der Waals surface area (Å²) < 4.78 is 0. The number of hydrogen-bond acceptors (Lipinski definition) is 1. The molecular weight excluding hydrogens is 206 g/mol. The first kappa shape index (κ1) is 11.3. The summed E-state index contributed by atoms with van der Waals surface area (Å²) in [5, 5.41) is 0. The molecule has 0 aromatic heterocycles. The minimum absolute atomic E-state index is 0.855. The Bertz CT molecular complexity index is 366. The van der Waals surface area contributed by atoms with E-state index >= 15 is 0 Å². The van der Waals surface area contributed by atoms with Crippen LogP contribution in [0.1, 0.15) is 49.1 Å². The van der Waals surface area contributed by atoms with Crippen LogP contribution >= 0.6 is 0 Å². The first-order valence-corrected chi connectivity index (χ1v) is 7.23. The monoisotopic (exact) mass is 229 g/mol. The van der Waals surface area contributed by atoms with Crippen LogP contribution < -0.4 is 0 Å². The molecule has 1 atom stereocenters. The molecule has 2 aliphatic rings. The van der Waals surface area contributed by atoms with Crippen molar-refractivity contribution < 1.29 is 0 Å². The van der Waals surface area contributed by atoms with Crippen molar-refractivity contribution in [3.63, 3.8) is 0 Å². The van der Waals surface area contributed by atoms with Gasteiger partial charge in [-0.15, -0.1) is 0 Å². The van der Waals surface area contributed by atoms with E-state index in [1.165, 1.54) is 58.2 Å². The third kappa shape index (κ3) is 2.55. The van der Waals surface area contributed by atoms with Crippen molar-refractivity contribution in [1.82, 2.24) is 4.90 Å². The first-order valence-electron chi connectivity index (χ1n) is 7.23. The molecular formula is C16H23N. The lowest BCUT2D eigenvalue weighted by Crippen LogP contribution is -2.20. The zero-order valence-corrected chi connectivity index (χ0v) is 10.7. The van der Waals surface area contributed by atoms with Gasteiger partial charge in [-0.25, -0.2) is 0 Å². The van der Waals surface area contributed by atoms with Crippen LogP contribution in [0.25, 0.3) is 0 Å². The van der Waals surface area contributed by atoms with Gasteiger partial charge in [0.1, 0.15) is 0 Å². The van der Waals surface area contributed by atoms with Gasteiger partial charge >= 0.3 is 0 Å². The van der Waals surface area contributed by atoms with Gasteiger partial charge in [-0.05, 0) is 75.2 Å². The first-order chi connectivity index (χ1) is 8.43. The number of hydrogen-bond donors (Lipinski definition) is 0. The molecule has 3 rings (SSSR count). The number of rotatable bonds is 4. The van der Waals surface area contributed by atoms with E-state index in [9.17, 15) is 0 Å². The molecule has 1 unspecified atom stereocenters. The molecule has 1 fully saturated rings. The van der Waals surface area contributed by atoms with Gasteiger partial charge in [-0.3, -0.25) is 0 Å². The van der Waals surface area contributed by atoms with E-state index in [-0.39, 0.29) is 0 Å². The van der Waals surface area contributed by atoms with Gasteiger partial charge in [-0.1, -0.05) is 24.3 Å². The minimum Gasteiger partial charge on any atom is -0.303 e. The largest absolute Gasteiger partial charge is 0.303 e. The Hall–Kier alpha value is -0.820. The summed E-state index contributed by atoms with van der Waals surface area (Å²) in [6.45, 7) is 4.03. The highest BCUT2D eigenvalue weighted by atomic mass is 15.1. The van der Waals surface area contributed by atoms with Crippen molar-refractivity contribution >= 4 is 0 Å². The van der Waals surface area contributed by atoms with Crippen molar-refractivity contribution in [2.45, 2.75) is 44.4 Å². The molecule has 1 heteroatoms. The van der Waals surface area contributed by atoms with Crippen molar-refractivity contribution in [1.29, 1.82) is 0 Å². The smallest absolute Gasteiger partial charge is 0.00183 e. The lowest BCUT2D eigenvalue weighted by atomic mass is 9.96. The number of fused-ring (bicyclic) bond motifs is 1. The van der Waals surface area contributed by atoms with Crippen molar-refractivity contribution in [2.75, 3.05) is 19.6 Å². The average molecular weight is 229 g/mol. The van der Waals surface area contributed by atoms with Crippen LogP contribution in [0.5, 0.6) is 0 Å². The lowest BCUT2D eigenvalue weighted by Gasteiger charge is -2.16. The second kappa shape index (κ2) is 5.22. The van der Waals surface area contributed by atoms with Crippen LogP contribution in [-0.4, -0.2) is 24.5 Å². The van der Waals surface area contributed by atoms with Gasteiger partial charge in [0.05, 0.1) is 0 Å². The second-order valence-corrected chi connectivity index (χ2v) is 5.63. The fourth-order valence-electron chi connectivity index (χ4n) is 3.51. The Morgan fingerprint density at radius 3 is 2.82 bits per heavy atom. The summed E-state index contributed by atoms with van der Waals surface area (Å²) in [4.78, 5) is 2.64. The fourth-order valence-corrected chi connectivity index (χ4v) is 3.51. The predicted octanol–water partition coefficient (Wildman–Crippen LogP) is 3.59. The predicted molar refractivity (Wildman–Crippen MR) is 72.4 cm³/mol. The molecule has 92 valence electrons.